The average molecular weight is 549 g/mol. The Morgan fingerprint density at radius 1 is 1.29 bits per heavy atom. The lowest BCUT2D eigenvalue weighted by Gasteiger charge is -2.33. The molecule has 1 saturated heterocycles. The van der Waals surface area contributed by atoms with Gasteiger partial charge in [0.1, 0.15) is 6.10 Å². The van der Waals surface area contributed by atoms with Crippen molar-refractivity contribution < 1.29 is 19.4 Å². The van der Waals surface area contributed by atoms with Gasteiger partial charge in [-0.25, -0.2) is 15.0 Å². The van der Waals surface area contributed by atoms with Crippen LogP contribution in [0, 0.1) is 5.92 Å². The molecule has 34 heavy (non-hydrogen) atoms. The number of ether oxygens (including phenoxy) is 2. The van der Waals surface area contributed by atoms with Gasteiger partial charge in [0.15, 0.2) is 34.0 Å². The molecule has 0 saturated carbocycles. The van der Waals surface area contributed by atoms with E-state index in [2.05, 4.69) is 25.9 Å². The van der Waals surface area contributed by atoms with E-state index in [9.17, 15) is 9.90 Å². The van der Waals surface area contributed by atoms with Crippen LogP contribution in [0.4, 0.5) is 5.82 Å². The van der Waals surface area contributed by atoms with Gasteiger partial charge in [-0.2, -0.15) is 0 Å². The van der Waals surface area contributed by atoms with E-state index in [1.54, 1.807) is 11.2 Å². The summed E-state index contributed by atoms with van der Waals surface area (Å²) in [7, 11) is 0. The van der Waals surface area contributed by atoms with Gasteiger partial charge in [-0.05, 0) is 71.9 Å². The molecule has 0 aromatic heterocycles. The number of carbonyl (C=O) groups excluding carboxylic acids is 1. The summed E-state index contributed by atoms with van der Waals surface area (Å²) in [5, 5.41) is 10.1. The molecular formula is C22H25BrN6O4S. The fourth-order valence-corrected chi connectivity index (χ4v) is 5.60. The number of benzene rings is 1. The minimum absolute atomic E-state index is 0.191. The molecule has 3 N–H and O–H groups in total. The number of aryl methyl sites for hydroxylation is 1. The number of hydrogen-bond acceptors (Lipinski definition) is 9. The maximum Gasteiger partial charge on any atom is 0.251 e. The topological polar surface area (TPSA) is 129 Å². The van der Waals surface area contributed by atoms with Crippen molar-refractivity contribution >= 4 is 39.4 Å². The molecule has 5 rings (SSSR count). The van der Waals surface area contributed by atoms with Crippen molar-refractivity contribution in [2.75, 3.05) is 25.6 Å². The summed E-state index contributed by atoms with van der Waals surface area (Å²) >= 11 is 4.99. The number of anilines is 1. The van der Waals surface area contributed by atoms with Crippen LogP contribution in [-0.4, -0.2) is 61.4 Å². The fourth-order valence-electron chi connectivity index (χ4n) is 4.25. The molecule has 1 atom stereocenters. The van der Waals surface area contributed by atoms with Gasteiger partial charge in [-0.15, -0.1) is 0 Å². The van der Waals surface area contributed by atoms with Crippen LogP contribution in [0.25, 0.3) is 11.5 Å². The maximum atomic E-state index is 12.0. The Balaban J connectivity index is 1.28. The maximum absolute atomic E-state index is 12.0. The Hall–Kier alpha value is -2.57. The van der Waals surface area contributed by atoms with Crippen molar-refractivity contribution in [2.45, 2.75) is 48.9 Å². The number of amides is 1. The summed E-state index contributed by atoms with van der Waals surface area (Å²) in [4.78, 5) is 28.3. The zero-order valence-corrected chi connectivity index (χ0v) is 21.0. The number of imidazole rings is 1. The number of fused-ring (bicyclic) bond motifs is 2. The van der Waals surface area contributed by atoms with E-state index in [0.29, 0.717) is 53.0 Å². The first kappa shape index (κ1) is 23.2. The number of aliphatic hydroxyl groups is 1. The molecule has 1 aromatic rings. The molecule has 1 fully saturated rings. The number of likely N-dealkylation sites (tertiary alicyclic amines) is 1. The van der Waals surface area contributed by atoms with Crippen molar-refractivity contribution in [3.05, 3.63) is 22.9 Å². The quantitative estimate of drug-likeness (QED) is 0.477. The van der Waals surface area contributed by atoms with Crippen molar-refractivity contribution in [3.8, 4) is 23.0 Å². The summed E-state index contributed by atoms with van der Waals surface area (Å²) in [6.45, 7) is 3.81. The van der Waals surface area contributed by atoms with E-state index >= 15 is 0 Å². The number of aliphatic hydroxyl groups excluding tert-OH is 1. The molecule has 4 heterocycles. The number of nitrogens with two attached hydrogens (primary N) is 1. The number of nitrogen functional groups attached to an aromatic ring is 1. The van der Waals surface area contributed by atoms with Crippen molar-refractivity contribution in [1.29, 1.82) is 0 Å². The lowest BCUT2D eigenvalue weighted by atomic mass is 9.93. The predicted molar refractivity (Wildman–Crippen MR) is 129 cm³/mol. The van der Waals surface area contributed by atoms with Crippen molar-refractivity contribution in [2.24, 2.45) is 5.92 Å². The smallest absolute Gasteiger partial charge is 0.251 e. The van der Waals surface area contributed by atoms with Gasteiger partial charge in [-0.1, -0.05) is 0 Å². The minimum atomic E-state index is -0.942. The first-order valence-electron chi connectivity index (χ1n) is 11.1. The van der Waals surface area contributed by atoms with Crippen LogP contribution in [0.1, 0.15) is 26.2 Å². The number of nitrogens with zero attached hydrogens (tertiary/aromatic N) is 5. The number of rotatable bonds is 6. The molecule has 4 aliphatic heterocycles. The molecule has 10 nitrogen and oxygen atoms in total. The molecule has 4 aliphatic rings. The third-order valence-corrected chi connectivity index (χ3v) is 8.00. The van der Waals surface area contributed by atoms with Gasteiger partial charge in [0.2, 0.25) is 6.79 Å². The van der Waals surface area contributed by atoms with Crippen LogP contribution < -0.4 is 15.2 Å². The number of piperidine rings is 1. The Morgan fingerprint density at radius 3 is 2.76 bits per heavy atom. The van der Waals surface area contributed by atoms with Crippen LogP contribution in [0.5, 0.6) is 11.5 Å². The molecule has 12 heteroatoms. The van der Waals surface area contributed by atoms with E-state index < -0.39 is 6.10 Å². The minimum Gasteiger partial charge on any atom is -0.454 e. The lowest BCUT2D eigenvalue weighted by Crippen LogP contribution is -2.43. The van der Waals surface area contributed by atoms with Gasteiger partial charge in [0.05, 0.1) is 6.33 Å². The van der Waals surface area contributed by atoms with E-state index in [1.165, 1.54) is 18.7 Å². The molecule has 180 valence electrons. The Kier molecular flexibility index (Phi) is 6.54. The molecule has 0 unspecified atom stereocenters. The fraction of sp³-hybridized carbons (Fsp3) is 0.455. The van der Waals surface area contributed by atoms with Crippen LogP contribution >= 0.6 is 27.7 Å². The van der Waals surface area contributed by atoms with Gasteiger partial charge >= 0.3 is 0 Å². The van der Waals surface area contributed by atoms with Crippen LogP contribution in [-0.2, 0) is 11.3 Å². The molecule has 0 bridgehead atoms. The Bertz CT molecular complexity index is 1180. The third-order valence-electron chi connectivity index (χ3n) is 6.16. The average Bonchev–Trinajstić information content (AvgIpc) is 3.46. The van der Waals surface area contributed by atoms with E-state index in [-0.39, 0.29) is 12.7 Å². The first-order chi connectivity index (χ1) is 16.4. The number of hydrogen-bond donors (Lipinski definition) is 2. The summed E-state index contributed by atoms with van der Waals surface area (Å²) in [5.41, 5.74) is 6.69. The van der Waals surface area contributed by atoms with Crippen LogP contribution in [0.3, 0.4) is 0 Å². The normalized spacial score (nSPS) is 16.9. The molecule has 0 spiro atoms. The molecular weight excluding hydrogens is 524 g/mol. The van der Waals surface area contributed by atoms with Crippen LogP contribution in [0.2, 0.25) is 0 Å². The molecule has 1 aromatic carbocycles. The molecule has 0 radical (unpaired) electrons. The third kappa shape index (κ3) is 4.66. The van der Waals surface area contributed by atoms with Crippen molar-refractivity contribution in [3.63, 3.8) is 0 Å². The van der Waals surface area contributed by atoms with E-state index in [1.807, 2.05) is 16.7 Å². The second-order valence-corrected chi connectivity index (χ2v) is 10.3. The summed E-state index contributed by atoms with van der Waals surface area (Å²) < 4.78 is 13.8. The van der Waals surface area contributed by atoms with Gasteiger partial charge < -0.3 is 29.8 Å². The van der Waals surface area contributed by atoms with Crippen LogP contribution in [0.15, 0.2) is 33.0 Å². The molecule has 1 amide bonds. The van der Waals surface area contributed by atoms with E-state index in [0.717, 1.165) is 35.2 Å². The number of halogens is 1. The predicted octanol–water partition coefficient (Wildman–Crippen LogP) is 3.01. The Labute approximate surface area is 209 Å². The standard InChI is InChI=1S/C22H25BrN6O4S/c1-12(30)21(31)28-5-2-13(3-6-28)4-7-29-10-25-19(24)18-20(29)27-22(26-18)34-17-9-16-15(8-14(17)23)32-11-33-16/h8-10,12-13,30H,2-7,11,24H2,1H3/t12-/m1/s1. The van der Waals surface area contributed by atoms with Gasteiger partial charge in [0.25, 0.3) is 5.91 Å². The second-order valence-electron chi connectivity index (χ2n) is 8.47. The SMILES string of the molecule is C[C@@H](O)C(=O)N1CCC(CCn2cnc(N)c3nc(Sc4cc5c(cc4Br)OCO5)nc2-3)CC1. The number of aromatic nitrogens is 4. The highest BCUT2D eigenvalue weighted by Gasteiger charge is 2.26. The van der Waals surface area contributed by atoms with Crippen molar-refractivity contribution in [1.82, 2.24) is 24.4 Å². The zero-order chi connectivity index (χ0) is 23.8. The second kappa shape index (κ2) is 9.59. The largest absolute Gasteiger partial charge is 0.454 e. The summed E-state index contributed by atoms with van der Waals surface area (Å²) in [6.07, 6.45) is 3.53. The monoisotopic (exact) mass is 548 g/mol. The first-order valence-corrected chi connectivity index (χ1v) is 12.7. The van der Waals surface area contributed by atoms with E-state index in [4.69, 9.17) is 20.2 Å². The highest BCUT2D eigenvalue weighted by molar-refractivity contribution is 9.10. The lowest BCUT2D eigenvalue weighted by molar-refractivity contribution is -0.140. The van der Waals surface area contributed by atoms with Gasteiger partial charge in [-0.3, -0.25) is 4.79 Å². The Morgan fingerprint density at radius 2 is 2.03 bits per heavy atom. The summed E-state index contributed by atoms with van der Waals surface area (Å²) in [6, 6.07) is 3.78. The highest BCUT2D eigenvalue weighted by atomic mass is 79.9. The highest BCUT2D eigenvalue weighted by Crippen LogP contribution is 2.43. The molecule has 0 aliphatic carbocycles. The van der Waals surface area contributed by atoms with Gasteiger partial charge in [0, 0.05) is 29.0 Å². The zero-order valence-electron chi connectivity index (χ0n) is 18.6. The number of carbonyl (C=O) groups is 1. The summed E-state index contributed by atoms with van der Waals surface area (Å²) in [5.74, 6) is 2.74.